The number of anilines is 1. The van der Waals surface area contributed by atoms with Gasteiger partial charge in [-0.3, -0.25) is 19.4 Å². The standard InChI is InChI=1S/C27H24ClN3O3.2C2H6/c1-3-17(2)25(32)19-9-7-18(8-10-19)16-31-24(15-21-6-4-5-13-29-21)26(33)30-23-14-20(28)11-12-22(23)27(31)34;2*1-2/h4-14,24H,2-3,15-16H2,1H3,(H,30,33);2*1-2H3. The molecular formula is C31H36ClN3O3. The molecule has 1 aliphatic rings. The fraction of sp³-hybridized carbons (Fsp3) is 0.290. The number of nitrogens with one attached hydrogen (secondary N) is 1. The van der Waals surface area contributed by atoms with E-state index in [1.54, 1.807) is 59.6 Å². The third kappa shape index (κ3) is 7.39. The third-order valence-corrected chi connectivity index (χ3v) is 6.09. The minimum Gasteiger partial charge on any atom is -0.323 e. The summed E-state index contributed by atoms with van der Waals surface area (Å²) in [5.41, 5.74) is 3.33. The Morgan fingerprint density at radius 2 is 1.71 bits per heavy atom. The Labute approximate surface area is 230 Å². The number of pyridine rings is 1. The van der Waals surface area contributed by atoms with Crippen molar-refractivity contribution in [2.75, 3.05) is 5.32 Å². The van der Waals surface area contributed by atoms with E-state index in [0.717, 1.165) is 5.56 Å². The molecule has 1 unspecified atom stereocenters. The summed E-state index contributed by atoms with van der Waals surface area (Å²) in [5, 5.41) is 3.28. The highest BCUT2D eigenvalue weighted by molar-refractivity contribution is 6.31. The van der Waals surface area contributed by atoms with Crippen molar-refractivity contribution in [3.63, 3.8) is 0 Å². The lowest BCUT2D eigenvalue weighted by molar-refractivity contribution is -0.120. The number of hydrogen-bond acceptors (Lipinski definition) is 4. The summed E-state index contributed by atoms with van der Waals surface area (Å²) in [6.07, 6.45) is 2.49. The molecule has 3 aromatic rings. The van der Waals surface area contributed by atoms with Crippen molar-refractivity contribution in [1.29, 1.82) is 0 Å². The topological polar surface area (TPSA) is 79.4 Å². The average Bonchev–Trinajstić information content (AvgIpc) is 3.05. The first-order valence-corrected chi connectivity index (χ1v) is 13.4. The van der Waals surface area contributed by atoms with E-state index in [-0.39, 0.29) is 30.6 Å². The van der Waals surface area contributed by atoms with Crippen molar-refractivity contribution in [3.8, 4) is 0 Å². The molecule has 0 spiro atoms. The number of rotatable bonds is 7. The third-order valence-electron chi connectivity index (χ3n) is 5.86. The van der Waals surface area contributed by atoms with Gasteiger partial charge in [-0.15, -0.1) is 0 Å². The molecule has 0 aliphatic carbocycles. The van der Waals surface area contributed by atoms with Gasteiger partial charge in [-0.2, -0.15) is 0 Å². The lowest BCUT2D eigenvalue weighted by Crippen LogP contribution is -2.46. The normalized spacial score (nSPS) is 14.1. The number of hydrogen-bond donors (Lipinski definition) is 1. The predicted molar refractivity (Wildman–Crippen MR) is 155 cm³/mol. The van der Waals surface area contributed by atoms with E-state index in [1.165, 1.54) is 0 Å². The van der Waals surface area contributed by atoms with Gasteiger partial charge in [-0.1, -0.05) is 83.1 Å². The molecule has 0 bridgehead atoms. The highest BCUT2D eigenvalue weighted by atomic mass is 35.5. The van der Waals surface area contributed by atoms with Gasteiger partial charge in [0.1, 0.15) is 6.04 Å². The molecule has 2 aromatic carbocycles. The monoisotopic (exact) mass is 533 g/mol. The number of nitrogens with zero attached hydrogens (tertiary/aromatic N) is 2. The van der Waals surface area contributed by atoms with Crippen LogP contribution in [-0.4, -0.2) is 33.5 Å². The summed E-state index contributed by atoms with van der Waals surface area (Å²) in [4.78, 5) is 45.2. The van der Waals surface area contributed by atoms with Gasteiger partial charge in [-0.25, -0.2) is 0 Å². The molecule has 2 heterocycles. The van der Waals surface area contributed by atoms with Gasteiger partial charge in [0, 0.05) is 35.4 Å². The molecule has 0 saturated carbocycles. The zero-order valence-electron chi connectivity index (χ0n) is 22.8. The number of aromatic nitrogens is 1. The lowest BCUT2D eigenvalue weighted by Gasteiger charge is -2.28. The van der Waals surface area contributed by atoms with Crippen LogP contribution in [0.4, 0.5) is 5.69 Å². The Hall–Kier alpha value is -3.77. The molecule has 7 heteroatoms. The second kappa shape index (κ2) is 14.8. The predicted octanol–water partition coefficient (Wildman–Crippen LogP) is 7.14. The Kier molecular flexibility index (Phi) is 11.9. The van der Waals surface area contributed by atoms with Crippen LogP contribution >= 0.6 is 11.6 Å². The number of fused-ring (bicyclic) bond motifs is 1. The summed E-state index contributed by atoms with van der Waals surface area (Å²) in [6.45, 7) is 13.9. The summed E-state index contributed by atoms with van der Waals surface area (Å²) in [5.74, 6) is -0.699. The molecule has 1 aromatic heterocycles. The Balaban J connectivity index is 0.00000121. The smallest absolute Gasteiger partial charge is 0.256 e. The van der Waals surface area contributed by atoms with Crippen molar-refractivity contribution < 1.29 is 14.4 Å². The number of Topliss-reactive ketones (excluding diaryl/α,β-unsaturated/α-hetero) is 1. The van der Waals surface area contributed by atoms with E-state index < -0.39 is 6.04 Å². The van der Waals surface area contributed by atoms with Gasteiger partial charge < -0.3 is 10.2 Å². The second-order valence-electron chi connectivity index (χ2n) is 8.14. The van der Waals surface area contributed by atoms with E-state index in [0.29, 0.717) is 39.5 Å². The molecule has 0 fully saturated rings. The summed E-state index contributed by atoms with van der Waals surface area (Å²) in [6, 6.07) is 16.6. The van der Waals surface area contributed by atoms with Crippen LogP contribution in [-0.2, 0) is 17.8 Å². The van der Waals surface area contributed by atoms with Crippen LogP contribution < -0.4 is 5.32 Å². The second-order valence-corrected chi connectivity index (χ2v) is 8.57. The molecule has 38 heavy (non-hydrogen) atoms. The molecule has 1 atom stereocenters. The quantitative estimate of drug-likeness (QED) is 0.258. The minimum absolute atomic E-state index is 0.0990. The molecule has 4 rings (SSSR count). The fourth-order valence-corrected chi connectivity index (χ4v) is 4.06. The highest BCUT2D eigenvalue weighted by Crippen LogP contribution is 2.28. The van der Waals surface area contributed by atoms with Gasteiger partial charge in [0.05, 0.1) is 11.3 Å². The molecule has 200 valence electrons. The molecule has 6 nitrogen and oxygen atoms in total. The van der Waals surface area contributed by atoms with Crippen molar-refractivity contribution in [3.05, 3.63) is 106 Å². The Morgan fingerprint density at radius 3 is 2.32 bits per heavy atom. The highest BCUT2D eigenvalue weighted by Gasteiger charge is 2.36. The Morgan fingerprint density at radius 1 is 1.03 bits per heavy atom. The maximum absolute atomic E-state index is 13.6. The number of ketones is 1. The molecule has 1 aliphatic heterocycles. The van der Waals surface area contributed by atoms with Crippen LogP contribution in [0.15, 0.2) is 79.0 Å². The maximum Gasteiger partial charge on any atom is 0.256 e. The van der Waals surface area contributed by atoms with Gasteiger partial charge in [0.25, 0.3) is 5.91 Å². The number of carbonyl (C=O) groups is 3. The lowest BCUT2D eigenvalue weighted by atomic mass is 10.0. The first-order chi connectivity index (χ1) is 18.4. The van der Waals surface area contributed by atoms with Gasteiger partial charge in [0.2, 0.25) is 5.91 Å². The fourth-order valence-electron chi connectivity index (χ4n) is 3.88. The van der Waals surface area contributed by atoms with E-state index in [9.17, 15) is 14.4 Å². The number of carbonyl (C=O) groups excluding carboxylic acids is 3. The molecule has 2 amide bonds. The number of benzene rings is 2. The van der Waals surface area contributed by atoms with E-state index in [4.69, 9.17) is 11.6 Å². The SMILES string of the molecule is C=C(CC)C(=O)c1ccc(CN2C(=O)c3ccc(Cl)cc3NC(=O)C2Cc2ccccn2)cc1.CC.CC. The van der Waals surface area contributed by atoms with Crippen molar-refractivity contribution in [2.45, 2.75) is 60.0 Å². The van der Waals surface area contributed by atoms with Crippen molar-refractivity contribution >= 4 is 34.9 Å². The number of halogens is 1. The maximum atomic E-state index is 13.6. The average molecular weight is 534 g/mol. The van der Waals surface area contributed by atoms with Crippen molar-refractivity contribution in [2.24, 2.45) is 0 Å². The Bertz CT molecular complexity index is 1260. The van der Waals surface area contributed by atoms with Crippen LogP contribution in [0.2, 0.25) is 5.02 Å². The molecule has 1 N–H and O–H groups in total. The van der Waals surface area contributed by atoms with Crippen LogP contribution in [0.25, 0.3) is 0 Å². The van der Waals surface area contributed by atoms with Crippen LogP contribution in [0.1, 0.15) is 73.0 Å². The van der Waals surface area contributed by atoms with Crippen LogP contribution in [0, 0.1) is 0 Å². The summed E-state index contributed by atoms with van der Waals surface area (Å²) >= 11 is 6.11. The first-order valence-electron chi connectivity index (χ1n) is 13.0. The zero-order valence-corrected chi connectivity index (χ0v) is 23.5. The molecular weight excluding hydrogens is 498 g/mol. The van der Waals surface area contributed by atoms with Crippen LogP contribution in [0.3, 0.4) is 0 Å². The number of amides is 2. The van der Waals surface area contributed by atoms with Gasteiger partial charge in [-0.05, 0) is 47.9 Å². The van der Waals surface area contributed by atoms with Crippen molar-refractivity contribution in [1.82, 2.24) is 9.88 Å². The van der Waals surface area contributed by atoms with Crippen LogP contribution in [0.5, 0.6) is 0 Å². The zero-order chi connectivity index (χ0) is 28.2. The summed E-state index contributed by atoms with van der Waals surface area (Å²) in [7, 11) is 0. The molecule has 0 radical (unpaired) electrons. The van der Waals surface area contributed by atoms with E-state index in [2.05, 4.69) is 16.9 Å². The largest absolute Gasteiger partial charge is 0.323 e. The number of allylic oxidation sites excluding steroid dienone is 1. The van der Waals surface area contributed by atoms with E-state index >= 15 is 0 Å². The molecule has 0 saturated heterocycles. The van der Waals surface area contributed by atoms with Gasteiger partial charge >= 0.3 is 0 Å². The first kappa shape index (κ1) is 30.5. The van der Waals surface area contributed by atoms with Gasteiger partial charge in [0.15, 0.2) is 5.78 Å². The summed E-state index contributed by atoms with van der Waals surface area (Å²) < 4.78 is 0. The van der Waals surface area contributed by atoms with E-state index in [1.807, 2.05) is 46.8 Å². The minimum atomic E-state index is -0.783.